The number of esters is 1. The third-order valence-electron chi connectivity index (χ3n) is 4.61. The van der Waals surface area contributed by atoms with Gasteiger partial charge in [0.15, 0.2) is 6.61 Å². The Kier molecular flexibility index (Phi) is 4.74. The summed E-state index contributed by atoms with van der Waals surface area (Å²) in [7, 11) is -0.311. The van der Waals surface area contributed by atoms with Gasteiger partial charge in [-0.1, -0.05) is 18.2 Å². The standard InChI is InChI=1S/C17H20N2O6S/c1-17(2)13(16(22)24-3)19-14(21)12(15(19)26(17)23)18-11(20)9-25-10-7-5-4-6-8-10/h4-8,12-13,15H,9H2,1-3H3,(H,18,20)/t12-,13-,15-,26+/m0/s1. The van der Waals surface area contributed by atoms with Crippen molar-refractivity contribution in [3.63, 3.8) is 0 Å². The van der Waals surface area contributed by atoms with E-state index in [1.165, 1.54) is 12.0 Å². The molecule has 0 spiro atoms. The summed E-state index contributed by atoms with van der Waals surface area (Å²) < 4.78 is 21.9. The van der Waals surface area contributed by atoms with Gasteiger partial charge in [-0.3, -0.25) is 13.8 Å². The topological polar surface area (TPSA) is 102 Å². The summed E-state index contributed by atoms with van der Waals surface area (Å²) in [5.41, 5.74) is 0. The lowest BCUT2D eigenvalue weighted by molar-refractivity contribution is -0.162. The highest BCUT2D eigenvalue weighted by Gasteiger charge is 2.68. The number of β-lactam (4-membered cyclic amide) rings is 1. The summed E-state index contributed by atoms with van der Waals surface area (Å²) >= 11 is 0. The van der Waals surface area contributed by atoms with E-state index in [2.05, 4.69) is 5.32 Å². The molecule has 0 bridgehead atoms. The van der Waals surface area contributed by atoms with Gasteiger partial charge in [0.1, 0.15) is 23.2 Å². The SMILES string of the molecule is COC(=O)[C@@H]1N2C(=O)[C@H](NC(=O)COc3ccccc3)[C@@H]2[S@@](=O)C1(C)C. The van der Waals surface area contributed by atoms with Crippen LogP contribution in [0.3, 0.4) is 0 Å². The van der Waals surface area contributed by atoms with E-state index in [1.807, 2.05) is 6.07 Å². The maximum Gasteiger partial charge on any atom is 0.330 e. The Balaban J connectivity index is 1.66. The number of nitrogens with one attached hydrogen (secondary N) is 1. The molecular formula is C17H20N2O6S. The van der Waals surface area contributed by atoms with Crippen molar-refractivity contribution in [3.05, 3.63) is 30.3 Å². The van der Waals surface area contributed by atoms with Gasteiger partial charge < -0.3 is 19.7 Å². The molecule has 2 fully saturated rings. The van der Waals surface area contributed by atoms with Crippen LogP contribution in [0.2, 0.25) is 0 Å². The van der Waals surface area contributed by atoms with Crippen LogP contribution >= 0.6 is 0 Å². The predicted molar refractivity (Wildman–Crippen MR) is 92.5 cm³/mol. The first-order valence-corrected chi connectivity index (χ1v) is 9.28. The molecule has 0 unspecified atom stereocenters. The lowest BCUT2D eigenvalue weighted by atomic mass is 9.96. The van der Waals surface area contributed by atoms with Gasteiger partial charge in [0, 0.05) is 0 Å². The van der Waals surface area contributed by atoms with E-state index in [9.17, 15) is 18.6 Å². The maximum absolute atomic E-state index is 12.8. The molecule has 4 atom stereocenters. The number of ether oxygens (including phenoxy) is 2. The molecule has 1 aromatic carbocycles. The second-order valence-electron chi connectivity index (χ2n) is 6.61. The van der Waals surface area contributed by atoms with E-state index in [-0.39, 0.29) is 6.61 Å². The summed E-state index contributed by atoms with van der Waals surface area (Å²) in [6.07, 6.45) is 0. The molecule has 140 valence electrons. The lowest BCUT2D eigenvalue weighted by Gasteiger charge is -2.43. The number of carbonyl (C=O) groups excluding carboxylic acids is 3. The summed E-state index contributed by atoms with van der Waals surface area (Å²) in [6, 6.07) is 6.92. The largest absolute Gasteiger partial charge is 0.484 e. The minimum Gasteiger partial charge on any atom is -0.484 e. The zero-order valence-electron chi connectivity index (χ0n) is 14.6. The van der Waals surface area contributed by atoms with E-state index >= 15 is 0 Å². The molecule has 2 saturated heterocycles. The Labute approximate surface area is 153 Å². The number of methoxy groups -OCH3 is 1. The van der Waals surface area contributed by atoms with Crippen LogP contribution in [0.15, 0.2) is 30.3 Å². The first-order valence-electron chi connectivity index (χ1n) is 8.07. The highest BCUT2D eigenvalue weighted by atomic mass is 32.2. The Bertz CT molecular complexity index is 766. The number of nitrogens with zero attached hydrogens (tertiary/aromatic N) is 1. The fourth-order valence-corrected chi connectivity index (χ4v) is 5.18. The van der Waals surface area contributed by atoms with E-state index in [4.69, 9.17) is 9.47 Å². The summed E-state index contributed by atoms with van der Waals surface area (Å²) in [4.78, 5) is 37.8. The third kappa shape index (κ3) is 2.86. The minimum atomic E-state index is -1.53. The van der Waals surface area contributed by atoms with Gasteiger partial charge in [-0.15, -0.1) is 0 Å². The molecule has 2 aliphatic heterocycles. The molecule has 2 heterocycles. The third-order valence-corrected chi connectivity index (χ3v) is 6.81. The maximum atomic E-state index is 12.8. The number of para-hydroxylation sites is 1. The Morgan fingerprint density at radius 3 is 2.54 bits per heavy atom. The average molecular weight is 380 g/mol. The monoisotopic (exact) mass is 380 g/mol. The van der Waals surface area contributed by atoms with Crippen molar-refractivity contribution in [2.24, 2.45) is 0 Å². The number of rotatable bonds is 5. The molecular weight excluding hydrogens is 360 g/mol. The van der Waals surface area contributed by atoms with Crippen LogP contribution in [0.4, 0.5) is 0 Å². The number of amides is 2. The quantitative estimate of drug-likeness (QED) is 0.561. The van der Waals surface area contributed by atoms with Crippen molar-refractivity contribution < 1.29 is 28.1 Å². The van der Waals surface area contributed by atoms with Crippen molar-refractivity contribution in [2.45, 2.75) is 36.1 Å². The molecule has 26 heavy (non-hydrogen) atoms. The van der Waals surface area contributed by atoms with E-state index in [1.54, 1.807) is 38.1 Å². The number of hydrogen-bond donors (Lipinski definition) is 1. The fraction of sp³-hybridized carbons (Fsp3) is 0.471. The van der Waals surface area contributed by atoms with E-state index in [0.29, 0.717) is 5.75 Å². The molecule has 1 aromatic rings. The normalized spacial score (nSPS) is 28.7. The van der Waals surface area contributed by atoms with Crippen LogP contribution in [0.1, 0.15) is 13.8 Å². The van der Waals surface area contributed by atoms with Gasteiger partial charge >= 0.3 is 5.97 Å². The minimum absolute atomic E-state index is 0.267. The molecule has 8 nitrogen and oxygen atoms in total. The van der Waals surface area contributed by atoms with Crippen molar-refractivity contribution >= 4 is 28.6 Å². The number of fused-ring (bicyclic) bond motifs is 1. The second-order valence-corrected chi connectivity index (χ2v) is 8.74. The van der Waals surface area contributed by atoms with Crippen LogP contribution < -0.4 is 10.1 Å². The van der Waals surface area contributed by atoms with Gasteiger partial charge in [-0.25, -0.2) is 4.79 Å². The lowest BCUT2D eigenvalue weighted by Crippen LogP contribution is -2.71. The first-order chi connectivity index (χ1) is 12.3. The zero-order chi connectivity index (χ0) is 19.1. The van der Waals surface area contributed by atoms with Gasteiger partial charge in [-0.2, -0.15) is 0 Å². The average Bonchev–Trinajstić information content (AvgIpc) is 2.82. The smallest absolute Gasteiger partial charge is 0.330 e. The van der Waals surface area contributed by atoms with E-state index < -0.39 is 50.8 Å². The van der Waals surface area contributed by atoms with Gasteiger partial charge in [0.05, 0.1) is 22.7 Å². The summed E-state index contributed by atoms with van der Waals surface area (Å²) in [5, 5.41) is 1.81. The predicted octanol–water partition coefficient (Wildman–Crippen LogP) is -0.199. The second kappa shape index (κ2) is 6.71. The van der Waals surface area contributed by atoms with Crippen LogP contribution in [0.25, 0.3) is 0 Å². The van der Waals surface area contributed by atoms with Crippen LogP contribution in [0, 0.1) is 0 Å². The molecule has 9 heteroatoms. The molecule has 0 aromatic heterocycles. The summed E-state index contributed by atoms with van der Waals surface area (Å²) in [6.45, 7) is 3.03. The van der Waals surface area contributed by atoms with Crippen LogP contribution in [0.5, 0.6) is 5.75 Å². The number of hydrogen-bond acceptors (Lipinski definition) is 6. The summed E-state index contributed by atoms with van der Waals surface area (Å²) in [5.74, 6) is -1.03. The number of benzene rings is 1. The molecule has 0 aliphatic carbocycles. The number of carbonyl (C=O) groups is 3. The van der Waals surface area contributed by atoms with Crippen LogP contribution in [-0.4, -0.2) is 62.8 Å². The van der Waals surface area contributed by atoms with Crippen molar-refractivity contribution in [3.8, 4) is 5.75 Å². The van der Waals surface area contributed by atoms with Crippen LogP contribution in [-0.2, 0) is 29.9 Å². The van der Waals surface area contributed by atoms with E-state index in [0.717, 1.165) is 0 Å². The highest BCUT2D eigenvalue weighted by Crippen LogP contribution is 2.43. The first kappa shape index (κ1) is 18.4. The molecule has 3 rings (SSSR count). The van der Waals surface area contributed by atoms with Crippen molar-refractivity contribution in [1.29, 1.82) is 0 Å². The molecule has 2 aliphatic rings. The molecule has 0 radical (unpaired) electrons. The van der Waals surface area contributed by atoms with Crippen molar-refractivity contribution in [1.82, 2.24) is 10.2 Å². The zero-order valence-corrected chi connectivity index (χ0v) is 15.4. The van der Waals surface area contributed by atoms with Gasteiger partial charge in [-0.05, 0) is 26.0 Å². The van der Waals surface area contributed by atoms with Gasteiger partial charge in [0.2, 0.25) is 5.91 Å². The fourth-order valence-electron chi connectivity index (χ4n) is 3.27. The Morgan fingerprint density at radius 2 is 1.92 bits per heavy atom. The Morgan fingerprint density at radius 1 is 1.27 bits per heavy atom. The Hall–Kier alpha value is -2.42. The van der Waals surface area contributed by atoms with Crippen molar-refractivity contribution in [2.75, 3.05) is 13.7 Å². The molecule has 1 N–H and O–H groups in total. The van der Waals surface area contributed by atoms with Gasteiger partial charge in [0.25, 0.3) is 5.91 Å². The molecule has 0 saturated carbocycles. The molecule has 2 amide bonds. The highest BCUT2D eigenvalue weighted by molar-refractivity contribution is 7.87.